The van der Waals surface area contributed by atoms with E-state index in [1.165, 1.54) is 19.1 Å². The molecule has 1 aromatic carbocycles. The van der Waals surface area contributed by atoms with Gasteiger partial charge in [0.05, 0.1) is 11.0 Å². The smallest absolute Gasteiger partial charge is 0.325 e. The summed E-state index contributed by atoms with van der Waals surface area (Å²) in [6.45, 7) is 3.33. The van der Waals surface area contributed by atoms with Gasteiger partial charge in [-0.15, -0.1) is 0 Å². The number of aliphatic hydroxyl groups is 1. The first-order chi connectivity index (χ1) is 11.1. The van der Waals surface area contributed by atoms with Crippen molar-refractivity contribution in [1.29, 1.82) is 0 Å². The minimum atomic E-state index is -4.02. The number of hydrogen-bond donors (Lipinski definition) is 3. The molecule has 0 radical (unpaired) electrons. The molecule has 0 heterocycles. The van der Waals surface area contributed by atoms with Crippen LogP contribution in [0.2, 0.25) is 0 Å². The Kier molecular flexibility index (Phi) is 7.82. The minimum Gasteiger partial charge on any atom is -0.461 e. The van der Waals surface area contributed by atoms with Gasteiger partial charge in [-0.05, 0) is 51.7 Å². The van der Waals surface area contributed by atoms with E-state index in [0.29, 0.717) is 0 Å². The molecule has 0 spiro atoms. The number of rotatable bonds is 4. The zero-order valence-corrected chi connectivity index (χ0v) is 14.7. The van der Waals surface area contributed by atoms with Gasteiger partial charge in [0.25, 0.3) is 10.1 Å². The lowest BCUT2D eigenvalue weighted by molar-refractivity contribution is -0.152. The van der Waals surface area contributed by atoms with Crippen LogP contribution < -0.4 is 5.73 Å². The van der Waals surface area contributed by atoms with E-state index in [4.69, 9.17) is 20.1 Å². The number of carbonyl (C=O) groups excluding carboxylic acids is 1. The molecule has 0 aromatic heterocycles. The first-order valence-corrected chi connectivity index (χ1v) is 9.23. The first-order valence-electron chi connectivity index (χ1n) is 7.79. The van der Waals surface area contributed by atoms with Crippen molar-refractivity contribution in [2.45, 2.75) is 62.7 Å². The maximum atomic E-state index is 11.2. The first kappa shape index (κ1) is 20.6. The van der Waals surface area contributed by atoms with Crippen LogP contribution in [0, 0.1) is 6.92 Å². The van der Waals surface area contributed by atoms with Crippen molar-refractivity contribution in [2.24, 2.45) is 5.73 Å². The molecule has 4 N–H and O–H groups in total. The predicted octanol–water partition coefficient (Wildman–Crippen LogP) is 1.42. The Morgan fingerprint density at radius 1 is 1.25 bits per heavy atom. The highest BCUT2D eigenvalue weighted by molar-refractivity contribution is 7.85. The fourth-order valence-corrected chi connectivity index (χ4v) is 2.64. The third-order valence-electron chi connectivity index (χ3n) is 3.70. The van der Waals surface area contributed by atoms with E-state index < -0.39 is 28.2 Å². The maximum absolute atomic E-state index is 11.2. The number of nitrogens with two attached hydrogens (primary N) is 1. The quantitative estimate of drug-likeness (QED) is 0.548. The second-order valence-electron chi connectivity index (χ2n) is 5.90. The molecule has 2 rings (SSSR count). The van der Waals surface area contributed by atoms with Gasteiger partial charge in [0.2, 0.25) is 0 Å². The number of ether oxygens (including phenoxy) is 1. The van der Waals surface area contributed by atoms with Crippen LogP contribution in [0.3, 0.4) is 0 Å². The lowest BCUT2D eigenvalue weighted by atomic mass is 10.2. The lowest BCUT2D eigenvalue weighted by Gasteiger charge is -2.17. The average molecular weight is 359 g/mol. The predicted molar refractivity (Wildman–Crippen MR) is 89.0 cm³/mol. The Hall–Kier alpha value is -1.48. The van der Waals surface area contributed by atoms with Gasteiger partial charge in [-0.1, -0.05) is 17.7 Å². The number of benzene rings is 1. The zero-order chi connectivity index (χ0) is 18.3. The van der Waals surface area contributed by atoms with Gasteiger partial charge >= 0.3 is 5.97 Å². The van der Waals surface area contributed by atoms with Crippen molar-refractivity contribution in [3.63, 3.8) is 0 Å². The Bertz CT molecular complexity index is 620. The van der Waals surface area contributed by atoms with Crippen LogP contribution in [0.25, 0.3) is 0 Å². The average Bonchev–Trinajstić information content (AvgIpc) is 2.99. The highest BCUT2D eigenvalue weighted by Gasteiger charge is 2.25. The summed E-state index contributed by atoms with van der Waals surface area (Å²) in [4.78, 5) is 11.2. The third kappa shape index (κ3) is 6.96. The highest BCUT2D eigenvalue weighted by Crippen LogP contribution is 2.21. The van der Waals surface area contributed by atoms with Crippen molar-refractivity contribution >= 4 is 16.1 Å². The molecule has 7 nitrogen and oxygen atoms in total. The number of aryl methyl sites for hydroxylation is 1. The minimum absolute atomic E-state index is 0.0253. The molecule has 1 saturated carbocycles. The fraction of sp³-hybridized carbons (Fsp3) is 0.562. The Morgan fingerprint density at radius 2 is 1.75 bits per heavy atom. The molecule has 2 atom stereocenters. The van der Waals surface area contributed by atoms with Crippen LogP contribution in [0.15, 0.2) is 29.2 Å². The van der Waals surface area contributed by atoms with Crippen LogP contribution in [0.1, 0.15) is 38.2 Å². The van der Waals surface area contributed by atoms with Crippen LogP contribution >= 0.6 is 0 Å². The summed E-state index contributed by atoms with van der Waals surface area (Å²) >= 11 is 0. The van der Waals surface area contributed by atoms with E-state index in [1.807, 2.05) is 6.92 Å². The van der Waals surface area contributed by atoms with E-state index in [1.54, 1.807) is 12.1 Å². The molecule has 1 aliphatic rings. The SMILES string of the molecule is CC(O)C(N)C(=O)OC1CCCC1.Cc1ccc(S(=O)(=O)O)cc1. The van der Waals surface area contributed by atoms with Crippen molar-refractivity contribution in [2.75, 3.05) is 0 Å². The van der Waals surface area contributed by atoms with Crippen molar-refractivity contribution in [3.05, 3.63) is 29.8 Å². The molecule has 2 unspecified atom stereocenters. The van der Waals surface area contributed by atoms with Gasteiger partial charge in [0.15, 0.2) is 0 Å². The van der Waals surface area contributed by atoms with E-state index in [0.717, 1.165) is 31.2 Å². The van der Waals surface area contributed by atoms with Gasteiger partial charge in [-0.2, -0.15) is 8.42 Å². The van der Waals surface area contributed by atoms with Crippen molar-refractivity contribution < 1.29 is 27.6 Å². The number of carbonyl (C=O) groups is 1. The van der Waals surface area contributed by atoms with Gasteiger partial charge in [0.1, 0.15) is 12.1 Å². The molecule has 8 heteroatoms. The molecule has 0 aliphatic heterocycles. The zero-order valence-electron chi connectivity index (χ0n) is 13.9. The molecule has 24 heavy (non-hydrogen) atoms. The molecule has 0 saturated heterocycles. The van der Waals surface area contributed by atoms with Crippen molar-refractivity contribution in [3.8, 4) is 0 Å². The Balaban J connectivity index is 0.000000243. The fourth-order valence-electron chi connectivity index (χ4n) is 2.16. The summed E-state index contributed by atoms with van der Waals surface area (Å²) in [6.07, 6.45) is 3.27. The van der Waals surface area contributed by atoms with Crippen molar-refractivity contribution in [1.82, 2.24) is 0 Å². The lowest BCUT2D eigenvalue weighted by Crippen LogP contribution is -2.42. The Morgan fingerprint density at radius 3 is 2.17 bits per heavy atom. The van der Waals surface area contributed by atoms with Gasteiger partial charge in [0, 0.05) is 0 Å². The second kappa shape index (κ2) is 9.12. The monoisotopic (exact) mass is 359 g/mol. The van der Waals surface area contributed by atoms with E-state index in [2.05, 4.69) is 0 Å². The molecular weight excluding hydrogens is 334 g/mol. The van der Waals surface area contributed by atoms with Gasteiger partial charge in [-0.3, -0.25) is 9.35 Å². The molecule has 136 valence electrons. The number of hydrogen-bond acceptors (Lipinski definition) is 6. The maximum Gasteiger partial charge on any atom is 0.325 e. The molecular formula is C16H25NO6S. The van der Waals surface area contributed by atoms with Gasteiger partial charge < -0.3 is 15.6 Å². The summed E-state index contributed by atoms with van der Waals surface area (Å²) in [5.41, 5.74) is 6.37. The van der Waals surface area contributed by atoms with Crippen LogP contribution in [-0.4, -0.2) is 42.3 Å². The summed E-state index contributed by atoms with van der Waals surface area (Å²) < 4.78 is 34.7. The van der Waals surface area contributed by atoms with Crippen LogP contribution in [0.5, 0.6) is 0 Å². The topological polar surface area (TPSA) is 127 Å². The molecule has 0 bridgehead atoms. The normalized spacial score (nSPS) is 17.5. The van der Waals surface area contributed by atoms with Crippen LogP contribution in [-0.2, 0) is 19.6 Å². The Labute approximate surface area is 142 Å². The van der Waals surface area contributed by atoms with E-state index >= 15 is 0 Å². The van der Waals surface area contributed by atoms with Gasteiger partial charge in [-0.25, -0.2) is 0 Å². The molecule has 0 amide bonds. The standard InChI is InChI=1S/C9H17NO3.C7H8O3S/c1-6(11)8(10)9(12)13-7-4-2-3-5-7;1-6-2-4-7(5-3-6)11(8,9)10/h6-8,11H,2-5,10H2,1H3;2-5H,1H3,(H,8,9,10). The summed E-state index contributed by atoms with van der Waals surface area (Å²) in [7, 11) is -4.02. The summed E-state index contributed by atoms with van der Waals surface area (Å²) in [5.74, 6) is -0.484. The molecule has 1 aromatic rings. The van der Waals surface area contributed by atoms with E-state index in [9.17, 15) is 13.2 Å². The molecule has 1 aliphatic carbocycles. The third-order valence-corrected chi connectivity index (χ3v) is 4.56. The largest absolute Gasteiger partial charge is 0.461 e. The summed E-state index contributed by atoms with van der Waals surface area (Å²) in [5, 5.41) is 9.04. The highest BCUT2D eigenvalue weighted by atomic mass is 32.2. The second-order valence-corrected chi connectivity index (χ2v) is 7.32. The molecule has 1 fully saturated rings. The van der Waals surface area contributed by atoms with Crippen LogP contribution in [0.4, 0.5) is 0 Å². The van der Waals surface area contributed by atoms with E-state index in [-0.39, 0.29) is 11.0 Å². The summed E-state index contributed by atoms with van der Waals surface area (Å²) in [6, 6.07) is 5.09. The number of esters is 1. The number of aliphatic hydroxyl groups excluding tert-OH is 1.